The highest BCUT2D eigenvalue weighted by molar-refractivity contribution is 5.44. The maximum absolute atomic E-state index is 6.05. The highest BCUT2D eigenvalue weighted by atomic mass is 16.7. The molecule has 3 rings (SSSR count). The fraction of sp³-hybridized carbons (Fsp3) is 0.579. The summed E-state index contributed by atoms with van der Waals surface area (Å²) in [6.07, 6.45) is 8.41. The summed E-state index contributed by atoms with van der Waals surface area (Å²) in [5.41, 5.74) is 1.29. The second kappa shape index (κ2) is 7.19. The third-order valence-electron chi connectivity index (χ3n) is 4.80. The summed E-state index contributed by atoms with van der Waals surface area (Å²) >= 11 is 0. The topological polar surface area (TPSA) is 27.7 Å². The van der Waals surface area contributed by atoms with Crippen LogP contribution in [0.5, 0.6) is 11.5 Å². The van der Waals surface area contributed by atoms with Crippen LogP contribution in [-0.4, -0.2) is 19.5 Å². The molecule has 22 heavy (non-hydrogen) atoms. The molecule has 1 saturated heterocycles. The van der Waals surface area contributed by atoms with Gasteiger partial charge in [0.15, 0.2) is 11.5 Å². The van der Waals surface area contributed by atoms with Gasteiger partial charge in [0, 0.05) is 5.92 Å². The fourth-order valence-corrected chi connectivity index (χ4v) is 3.55. The van der Waals surface area contributed by atoms with Crippen LogP contribution >= 0.6 is 0 Å². The zero-order chi connectivity index (χ0) is 15.4. The molecule has 3 heteroatoms. The van der Waals surface area contributed by atoms with Crippen LogP contribution in [0.25, 0.3) is 0 Å². The lowest BCUT2D eigenvalue weighted by Gasteiger charge is -2.19. The lowest BCUT2D eigenvalue weighted by atomic mass is 9.84. The number of hydrogen-bond donors (Lipinski definition) is 0. The van der Waals surface area contributed by atoms with Gasteiger partial charge in [0.2, 0.25) is 6.79 Å². The smallest absolute Gasteiger partial charge is 0.231 e. The molecular formula is C19H26O3. The van der Waals surface area contributed by atoms with Crippen molar-refractivity contribution in [3.63, 3.8) is 0 Å². The second-order valence-electron chi connectivity index (χ2n) is 6.33. The highest BCUT2D eigenvalue weighted by Gasteiger charge is 2.34. The van der Waals surface area contributed by atoms with Crippen LogP contribution in [0.2, 0.25) is 0 Å². The Hall–Kier alpha value is -1.48. The summed E-state index contributed by atoms with van der Waals surface area (Å²) in [6, 6.07) is 6.25. The van der Waals surface area contributed by atoms with Crippen LogP contribution in [0.4, 0.5) is 0 Å². The molecule has 0 amide bonds. The minimum absolute atomic E-state index is 0.333. The predicted molar refractivity (Wildman–Crippen MR) is 87.3 cm³/mol. The van der Waals surface area contributed by atoms with Crippen LogP contribution in [0.3, 0.4) is 0 Å². The van der Waals surface area contributed by atoms with Gasteiger partial charge in [0.05, 0.1) is 12.7 Å². The largest absolute Gasteiger partial charge is 0.454 e. The van der Waals surface area contributed by atoms with Crippen LogP contribution in [0, 0.1) is 11.8 Å². The van der Waals surface area contributed by atoms with E-state index in [4.69, 9.17) is 14.2 Å². The summed E-state index contributed by atoms with van der Waals surface area (Å²) in [4.78, 5) is 0. The van der Waals surface area contributed by atoms with Crippen LogP contribution in [0.1, 0.15) is 38.2 Å². The molecule has 0 saturated carbocycles. The fourth-order valence-electron chi connectivity index (χ4n) is 3.55. The molecular weight excluding hydrogens is 276 g/mol. The van der Waals surface area contributed by atoms with Crippen molar-refractivity contribution in [2.45, 2.75) is 45.1 Å². The van der Waals surface area contributed by atoms with Gasteiger partial charge in [-0.2, -0.15) is 0 Å². The number of unbranched alkanes of at least 4 members (excludes halogenated alkanes) is 2. The van der Waals surface area contributed by atoms with E-state index in [0.29, 0.717) is 24.7 Å². The standard InChI is InChI=1S/C19H26O3/c1-3-5-6-7-17-16(4-2)15(12-20-17)10-14-8-9-18-19(11-14)22-13-21-18/h4,8-9,11,15-17H,2-3,5-7,10,12-13H2,1H3/t15-,16+,17+/m1/s1. The zero-order valence-corrected chi connectivity index (χ0v) is 13.4. The molecule has 2 aliphatic heterocycles. The molecule has 2 heterocycles. The third-order valence-corrected chi connectivity index (χ3v) is 4.80. The molecule has 1 aromatic carbocycles. The SMILES string of the molecule is C=C[C@H]1[C@H](Cc2ccc3c(c2)OCO3)CO[C@H]1CCCCC. The van der Waals surface area contributed by atoms with Crippen molar-refractivity contribution >= 4 is 0 Å². The normalized spacial score (nSPS) is 26.3. The summed E-state index contributed by atoms with van der Waals surface area (Å²) < 4.78 is 16.9. The van der Waals surface area contributed by atoms with E-state index in [1.165, 1.54) is 24.8 Å². The van der Waals surface area contributed by atoms with Crippen molar-refractivity contribution in [2.24, 2.45) is 11.8 Å². The van der Waals surface area contributed by atoms with E-state index in [9.17, 15) is 0 Å². The monoisotopic (exact) mass is 302 g/mol. The van der Waals surface area contributed by atoms with Gasteiger partial charge in [-0.05, 0) is 36.5 Å². The maximum atomic E-state index is 6.05. The Kier molecular flexibility index (Phi) is 5.04. The number of ether oxygens (including phenoxy) is 3. The summed E-state index contributed by atoms with van der Waals surface area (Å²) in [5, 5.41) is 0. The number of benzene rings is 1. The van der Waals surface area contributed by atoms with Crippen LogP contribution in [0.15, 0.2) is 30.9 Å². The average molecular weight is 302 g/mol. The molecule has 0 spiro atoms. The second-order valence-corrected chi connectivity index (χ2v) is 6.33. The van der Waals surface area contributed by atoms with Gasteiger partial charge >= 0.3 is 0 Å². The summed E-state index contributed by atoms with van der Waals surface area (Å²) in [5.74, 6) is 2.70. The molecule has 0 aromatic heterocycles. The van der Waals surface area contributed by atoms with Gasteiger partial charge in [-0.15, -0.1) is 6.58 Å². The first-order chi connectivity index (χ1) is 10.8. The Bertz CT molecular complexity index is 511. The molecule has 1 aromatic rings. The van der Waals surface area contributed by atoms with Crippen molar-refractivity contribution in [3.8, 4) is 11.5 Å². The van der Waals surface area contributed by atoms with Gasteiger partial charge in [0.1, 0.15) is 0 Å². The van der Waals surface area contributed by atoms with Crippen molar-refractivity contribution in [3.05, 3.63) is 36.4 Å². The van der Waals surface area contributed by atoms with E-state index in [1.54, 1.807) is 0 Å². The molecule has 3 atom stereocenters. The van der Waals surface area contributed by atoms with E-state index in [-0.39, 0.29) is 0 Å². The number of hydrogen-bond acceptors (Lipinski definition) is 3. The van der Waals surface area contributed by atoms with Crippen LogP contribution in [-0.2, 0) is 11.2 Å². The van der Waals surface area contributed by atoms with E-state index >= 15 is 0 Å². The van der Waals surface area contributed by atoms with Gasteiger partial charge in [-0.25, -0.2) is 0 Å². The van der Waals surface area contributed by atoms with E-state index in [0.717, 1.165) is 30.9 Å². The first-order valence-corrected chi connectivity index (χ1v) is 8.44. The Morgan fingerprint density at radius 3 is 2.91 bits per heavy atom. The van der Waals surface area contributed by atoms with Gasteiger partial charge in [-0.3, -0.25) is 0 Å². The lowest BCUT2D eigenvalue weighted by molar-refractivity contribution is 0.0883. The quantitative estimate of drug-likeness (QED) is 0.553. The Morgan fingerprint density at radius 1 is 1.23 bits per heavy atom. The number of rotatable bonds is 7. The highest BCUT2D eigenvalue weighted by Crippen LogP contribution is 2.37. The molecule has 3 nitrogen and oxygen atoms in total. The van der Waals surface area contributed by atoms with Gasteiger partial charge < -0.3 is 14.2 Å². The Labute approximate surface area is 133 Å². The van der Waals surface area contributed by atoms with Gasteiger partial charge in [-0.1, -0.05) is 38.3 Å². The summed E-state index contributed by atoms with van der Waals surface area (Å²) in [6.45, 7) is 7.45. The Balaban J connectivity index is 1.61. The minimum atomic E-state index is 0.333. The van der Waals surface area contributed by atoms with Crippen molar-refractivity contribution in [1.82, 2.24) is 0 Å². The van der Waals surface area contributed by atoms with Crippen LogP contribution < -0.4 is 9.47 Å². The van der Waals surface area contributed by atoms with E-state index in [1.807, 2.05) is 6.07 Å². The molecule has 120 valence electrons. The summed E-state index contributed by atoms with van der Waals surface area (Å²) in [7, 11) is 0. The average Bonchev–Trinajstić information content (AvgIpc) is 3.14. The molecule has 0 radical (unpaired) electrons. The van der Waals surface area contributed by atoms with Crippen molar-refractivity contribution in [2.75, 3.05) is 13.4 Å². The lowest BCUT2D eigenvalue weighted by Crippen LogP contribution is -2.19. The van der Waals surface area contributed by atoms with Gasteiger partial charge in [0.25, 0.3) is 0 Å². The minimum Gasteiger partial charge on any atom is -0.454 e. The van der Waals surface area contributed by atoms with Crippen molar-refractivity contribution in [1.29, 1.82) is 0 Å². The molecule has 0 N–H and O–H groups in total. The molecule has 0 unspecified atom stereocenters. The number of fused-ring (bicyclic) bond motifs is 1. The zero-order valence-electron chi connectivity index (χ0n) is 13.4. The van der Waals surface area contributed by atoms with E-state index in [2.05, 4.69) is 31.7 Å². The van der Waals surface area contributed by atoms with E-state index < -0.39 is 0 Å². The molecule has 0 aliphatic carbocycles. The molecule has 1 fully saturated rings. The van der Waals surface area contributed by atoms with Crippen molar-refractivity contribution < 1.29 is 14.2 Å². The first-order valence-electron chi connectivity index (χ1n) is 8.44. The molecule has 2 aliphatic rings. The Morgan fingerprint density at radius 2 is 2.09 bits per heavy atom. The predicted octanol–water partition coefficient (Wildman–Crippen LogP) is 4.36. The maximum Gasteiger partial charge on any atom is 0.231 e. The molecule has 0 bridgehead atoms. The third kappa shape index (κ3) is 3.30. The first kappa shape index (κ1) is 15.4.